The topological polar surface area (TPSA) is 67.4 Å². The minimum Gasteiger partial charge on any atom is -0.378 e. The van der Waals surface area contributed by atoms with Crippen LogP contribution in [0.5, 0.6) is 0 Å². The predicted molar refractivity (Wildman–Crippen MR) is 81.4 cm³/mol. The van der Waals surface area contributed by atoms with Crippen molar-refractivity contribution in [2.75, 3.05) is 38.2 Å². The van der Waals surface area contributed by atoms with E-state index in [2.05, 4.69) is 29.1 Å². The van der Waals surface area contributed by atoms with Crippen molar-refractivity contribution in [1.82, 2.24) is 14.9 Å². The number of amides is 1. The largest absolute Gasteiger partial charge is 0.378 e. The first-order chi connectivity index (χ1) is 10.1. The van der Waals surface area contributed by atoms with E-state index in [1.807, 2.05) is 17.9 Å². The number of carbonyl (C=O) groups excluding carboxylic acids is 1. The second kappa shape index (κ2) is 7.36. The van der Waals surface area contributed by atoms with Crippen LogP contribution in [0.4, 0.5) is 5.82 Å². The van der Waals surface area contributed by atoms with Gasteiger partial charge in [-0.25, -0.2) is 9.97 Å². The second-order valence-corrected chi connectivity index (χ2v) is 5.58. The van der Waals surface area contributed by atoms with Crippen molar-refractivity contribution >= 4 is 11.7 Å². The van der Waals surface area contributed by atoms with Gasteiger partial charge in [0.15, 0.2) is 0 Å². The second-order valence-electron chi connectivity index (χ2n) is 5.58. The van der Waals surface area contributed by atoms with Crippen LogP contribution < -0.4 is 5.32 Å². The number of nitrogens with zero attached hydrogens (tertiary/aromatic N) is 3. The molecule has 0 bridgehead atoms. The van der Waals surface area contributed by atoms with Gasteiger partial charge in [-0.2, -0.15) is 0 Å². The summed E-state index contributed by atoms with van der Waals surface area (Å²) in [4.78, 5) is 22.8. The van der Waals surface area contributed by atoms with E-state index in [1.54, 1.807) is 0 Å². The Morgan fingerprint density at radius 2 is 2.10 bits per heavy atom. The number of nitrogens with one attached hydrogen (secondary N) is 1. The zero-order valence-corrected chi connectivity index (χ0v) is 13.1. The first kappa shape index (κ1) is 15.7. The standard InChI is InChI=1S/C15H24N4O2/c1-11(2)15-17-12(3)10-13(18-15)16-5-4-14(20)19-6-8-21-9-7-19/h10-11H,4-9H2,1-3H3,(H,16,17,18). The van der Waals surface area contributed by atoms with Gasteiger partial charge in [0.05, 0.1) is 13.2 Å². The van der Waals surface area contributed by atoms with Gasteiger partial charge < -0.3 is 15.0 Å². The number of hydrogen-bond donors (Lipinski definition) is 1. The summed E-state index contributed by atoms with van der Waals surface area (Å²) in [5.74, 6) is 2.08. The van der Waals surface area contributed by atoms with Gasteiger partial charge in [-0.1, -0.05) is 13.8 Å². The fourth-order valence-corrected chi connectivity index (χ4v) is 2.21. The molecule has 1 saturated heterocycles. The van der Waals surface area contributed by atoms with E-state index in [9.17, 15) is 4.79 Å². The highest BCUT2D eigenvalue weighted by Crippen LogP contribution is 2.13. The summed E-state index contributed by atoms with van der Waals surface area (Å²) < 4.78 is 5.25. The summed E-state index contributed by atoms with van der Waals surface area (Å²) >= 11 is 0. The van der Waals surface area contributed by atoms with Gasteiger partial charge in [0.25, 0.3) is 0 Å². The third-order valence-electron chi connectivity index (χ3n) is 3.40. The van der Waals surface area contributed by atoms with Gasteiger partial charge >= 0.3 is 0 Å². The smallest absolute Gasteiger partial charge is 0.224 e. The van der Waals surface area contributed by atoms with Gasteiger partial charge in [0, 0.05) is 43.7 Å². The highest BCUT2D eigenvalue weighted by molar-refractivity contribution is 5.76. The van der Waals surface area contributed by atoms with Crippen LogP contribution in [0.1, 0.15) is 37.7 Å². The molecule has 116 valence electrons. The molecule has 0 unspecified atom stereocenters. The molecule has 0 atom stereocenters. The first-order valence-corrected chi connectivity index (χ1v) is 7.51. The first-order valence-electron chi connectivity index (χ1n) is 7.51. The fraction of sp³-hybridized carbons (Fsp3) is 0.667. The third-order valence-corrected chi connectivity index (χ3v) is 3.40. The molecule has 6 heteroatoms. The molecule has 1 amide bonds. The molecule has 0 aliphatic carbocycles. The zero-order chi connectivity index (χ0) is 15.2. The van der Waals surface area contributed by atoms with Crippen LogP contribution in [0.2, 0.25) is 0 Å². The van der Waals surface area contributed by atoms with E-state index < -0.39 is 0 Å². The molecule has 2 rings (SSSR count). The maximum absolute atomic E-state index is 12.0. The Morgan fingerprint density at radius 1 is 1.38 bits per heavy atom. The third kappa shape index (κ3) is 4.67. The van der Waals surface area contributed by atoms with Crippen LogP contribution in [0.15, 0.2) is 6.07 Å². The molecule has 1 aromatic rings. The van der Waals surface area contributed by atoms with Crippen LogP contribution >= 0.6 is 0 Å². The Hall–Kier alpha value is -1.69. The van der Waals surface area contributed by atoms with E-state index in [1.165, 1.54) is 0 Å². The van der Waals surface area contributed by atoms with Crippen molar-refractivity contribution in [3.63, 3.8) is 0 Å². The SMILES string of the molecule is Cc1cc(NCCC(=O)N2CCOCC2)nc(C(C)C)n1. The quantitative estimate of drug-likeness (QED) is 0.892. The summed E-state index contributed by atoms with van der Waals surface area (Å²) in [5.41, 5.74) is 0.940. The van der Waals surface area contributed by atoms with E-state index in [0.717, 1.165) is 17.3 Å². The van der Waals surface area contributed by atoms with Crippen molar-refractivity contribution in [3.8, 4) is 0 Å². The average Bonchev–Trinajstić information content (AvgIpc) is 2.47. The molecule has 1 fully saturated rings. The maximum Gasteiger partial charge on any atom is 0.224 e. The predicted octanol–water partition coefficient (Wildman–Crippen LogP) is 1.57. The molecule has 2 heterocycles. The Labute approximate surface area is 125 Å². The normalized spacial score (nSPS) is 15.3. The number of morpholine rings is 1. The highest BCUT2D eigenvalue weighted by atomic mass is 16.5. The average molecular weight is 292 g/mol. The molecule has 21 heavy (non-hydrogen) atoms. The number of anilines is 1. The Kier molecular flexibility index (Phi) is 5.50. The molecular weight excluding hydrogens is 268 g/mol. The monoisotopic (exact) mass is 292 g/mol. The van der Waals surface area contributed by atoms with Crippen molar-refractivity contribution in [2.45, 2.75) is 33.1 Å². The molecular formula is C15H24N4O2. The van der Waals surface area contributed by atoms with Crippen molar-refractivity contribution in [3.05, 3.63) is 17.6 Å². The Morgan fingerprint density at radius 3 is 2.76 bits per heavy atom. The summed E-state index contributed by atoms with van der Waals surface area (Å²) in [5, 5.41) is 3.22. The van der Waals surface area contributed by atoms with Crippen molar-refractivity contribution in [1.29, 1.82) is 0 Å². The van der Waals surface area contributed by atoms with Crippen LogP contribution in [0, 0.1) is 6.92 Å². The lowest BCUT2D eigenvalue weighted by Gasteiger charge is -2.26. The molecule has 1 aliphatic rings. The van der Waals surface area contributed by atoms with Crippen LogP contribution in [-0.4, -0.2) is 53.6 Å². The van der Waals surface area contributed by atoms with Gasteiger partial charge in [-0.3, -0.25) is 4.79 Å². The van der Waals surface area contributed by atoms with Crippen LogP contribution in [0.25, 0.3) is 0 Å². The number of ether oxygens (including phenoxy) is 1. The van der Waals surface area contributed by atoms with Gasteiger partial charge in [0.1, 0.15) is 11.6 Å². The van der Waals surface area contributed by atoms with E-state index in [-0.39, 0.29) is 5.91 Å². The van der Waals surface area contributed by atoms with E-state index in [4.69, 9.17) is 4.74 Å². The zero-order valence-electron chi connectivity index (χ0n) is 13.1. The van der Waals surface area contributed by atoms with Crippen molar-refractivity contribution in [2.24, 2.45) is 0 Å². The van der Waals surface area contributed by atoms with Crippen LogP contribution in [0.3, 0.4) is 0 Å². The number of aryl methyl sites for hydroxylation is 1. The molecule has 1 aliphatic heterocycles. The van der Waals surface area contributed by atoms with Gasteiger partial charge in [-0.15, -0.1) is 0 Å². The highest BCUT2D eigenvalue weighted by Gasteiger charge is 2.16. The lowest BCUT2D eigenvalue weighted by Crippen LogP contribution is -2.41. The molecule has 0 radical (unpaired) electrons. The molecule has 1 aromatic heterocycles. The number of rotatable bonds is 5. The maximum atomic E-state index is 12.0. The minimum absolute atomic E-state index is 0.167. The lowest BCUT2D eigenvalue weighted by molar-refractivity contribution is -0.134. The molecule has 0 aromatic carbocycles. The molecule has 1 N–H and O–H groups in total. The van der Waals surface area contributed by atoms with Gasteiger partial charge in [-0.05, 0) is 6.92 Å². The van der Waals surface area contributed by atoms with E-state index in [0.29, 0.717) is 45.2 Å². The summed E-state index contributed by atoms with van der Waals surface area (Å²) in [7, 11) is 0. The van der Waals surface area contributed by atoms with Crippen LogP contribution in [-0.2, 0) is 9.53 Å². The number of carbonyl (C=O) groups is 1. The fourth-order valence-electron chi connectivity index (χ4n) is 2.21. The Balaban J connectivity index is 1.84. The summed E-state index contributed by atoms with van der Waals surface area (Å²) in [6.45, 7) is 9.36. The summed E-state index contributed by atoms with van der Waals surface area (Å²) in [6.07, 6.45) is 0.472. The summed E-state index contributed by atoms with van der Waals surface area (Å²) in [6, 6.07) is 1.91. The molecule has 6 nitrogen and oxygen atoms in total. The van der Waals surface area contributed by atoms with Gasteiger partial charge in [0.2, 0.25) is 5.91 Å². The van der Waals surface area contributed by atoms with E-state index >= 15 is 0 Å². The number of aromatic nitrogens is 2. The lowest BCUT2D eigenvalue weighted by atomic mass is 10.2. The van der Waals surface area contributed by atoms with Crippen molar-refractivity contribution < 1.29 is 9.53 Å². The molecule has 0 saturated carbocycles. The molecule has 0 spiro atoms. The minimum atomic E-state index is 0.167. The Bertz CT molecular complexity index is 485. The number of hydrogen-bond acceptors (Lipinski definition) is 5.